The molecule has 1 aliphatic carbocycles. The molecule has 0 aromatic carbocycles. The number of aromatic nitrogens is 5. The Labute approximate surface area is 198 Å². The third kappa shape index (κ3) is 4.24. The molecule has 0 bridgehead atoms. The number of fused-ring (bicyclic) bond motifs is 1. The Hall–Kier alpha value is -3.43. The zero-order valence-corrected chi connectivity index (χ0v) is 19.7. The van der Waals surface area contributed by atoms with Crippen LogP contribution in [0, 0.1) is 12.7 Å². The molecule has 4 aromatic rings. The van der Waals surface area contributed by atoms with Crippen molar-refractivity contribution in [3.8, 4) is 11.4 Å². The van der Waals surface area contributed by atoms with Gasteiger partial charge in [0.1, 0.15) is 17.3 Å². The summed E-state index contributed by atoms with van der Waals surface area (Å²) in [6.45, 7) is 1.99. The summed E-state index contributed by atoms with van der Waals surface area (Å²) >= 11 is 0. The van der Waals surface area contributed by atoms with Crippen LogP contribution in [0.5, 0.6) is 0 Å². The van der Waals surface area contributed by atoms with Gasteiger partial charge in [-0.25, -0.2) is 19.3 Å². The van der Waals surface area contributed by atoms with Gasteiger partial charge in [-0.05, 0) is 64.4 Å². The molecule has 4 aromatic heterocycles. The Kier molecular flexibility index (Phi) is 5.75. The minimum Gasteiger partial charge on any atom is -0.353 e. The van der Waals surface area contributed by atoms with Crippen molar-refractivity contribution in [2.75, 3.05) is 19.4 Å². The summed E-state index contributed by atoms with van der Waals surface area (Å²) in [4.78, 5) is 20.3. The molecule has 0 spiro atoms. The topological polar surface area (TPSA) is 97.3 Å². The van der Waals surface area contributed by atoms with Gasteiger partial charge in [0.15, 0.2) is 0 Å². The Balaban J connectivity index is 1.49. The van der Waals surface area contributed by atoms with E-state index in [9.17, 15) is 4.39 Å². The second-order valence-corrected chi connectivity index (χ2v) is 9.38. The molecule has 0 atom stereocenters. The maximum atomic E-state index is 13.5. The van der Waals surface area contributed by atoms with E-state index in [1.165, 1.54) is 12.3 Å². The summed E-state index contributed by atoms with van der Waals surface area (Å²) in [5, 5.41) is 3.19. The van der Waals surface area contributed by atoms with Crippen LogP contribution in [-0.2, 0) is 5.54 Å². The summed E-state index contributed by atoms with van der Waals surface area (Å²) in [7, 11) is 4.24. The predicted octanol–water partition coefficient (Wildman–Crippen LogP) is 4.04. The lowest BCUT2D eigenvalue weighted by Gasteiger charge is -2.38. The third-order valence-corrected chi connectivity index (χ3v) is 6.74. The highest BCUT2D eigenvalue weighted by Crippen LogP contribution is 2.35. The summed E-state index contributed by atoms with van der Waals surface area (Å²) in [6, 6.07) is 5.74. The largest absolute Gasteiger partial charge is 0.353 e. The van der Waals surface area contributed by atoms with Gasteiger partial charge in [0.25, 0.3) is 0 Å². The lowest BCUT2D eigenvalue weighted by Crippen LogP contribution is -2.46. The van der Waals surface area contributed by atoms with Crippen LogP contribution in [0.25, 0.3) is 17.0 Å². The SMILES string of the molecule is Cc1cnc(C2(N)CCC(N(C)C)CC2)nc1-c1cnc2ccc(Nc3cncc(F)c3)cn12. The van der Waals surface area contributed by atoms with Gasteiger partial charge in [-0.3, -0.25) is 9.38 Å². The fourth-order valence-electron chi connectivity index (χ4n) is 4.68. The lowest BCUT2D eigenvalue weighted by molar-refractivity contribution is 0.168. The van der Waals surface area contributed by atoms with Crippen LogP contribution in [-0.4, -0.2) is 49.4 Å². The molecule has 5 rings (SSSR count). The van der Waals surface area contributed by atoms with E-state index in [2.05, 4.69) is 39.3 Å². The number of pyridine rings is 2. The van der Waals surface area contributed by atoms with Crippen LogP contribution in [0.4, 0.5) is 15.8 Å². The first-order valence-electron chi connectivity index (χ1n) is 11.5. The van der Waals surface area contributed by atoms with Crippen molar-refractivity contribution < 1.29 is 4.39 Å². The van der Waals surface area contributed by atoms with Gasteiger partial charge < -0.3 is 16.0 Å². The maximum absolute atomic E-state index is 13.5. The van der Waals surface area contributed by atoms with Gasteiger partial charge in [0.05, 0.1) is 46.9 Å². The van der Waals surface area contributed by atoms with Gasteiger partial charge in [-0.1, -0.05) is 0 Å². The summed E-state index contributed by atoms with van der Waals surface area (Å²) in [5.41, 5.74) is 11.0. The van der Waals surface area contributed by atoms with Crippen molar-refractivity contribution >= 4 is 17.0 Å². The number of halogens is 1. The second-order valence-electron chi connectivity index (χ2n) is 9.38. The average molecular weight is 461 g/mol. The van der Waals surface area contributed by atoms with Gasteiger partial charge in [-0.2, -0.15) is 0 Å². The smallest absolute Gasteiger partial charge is 0.148 e. The summed E-state index contributed by atoms with van der Waals surface area (Å²) in [6.07, 6.45) is 12.1. The molecule has 176 valence electrons. The predicted molar refractivity (Wildman–Crippen MR) is 130 cm³/mol. The van der Waals surface area contributed by atoms with Crippen molar-refractivity contribution in [3.63, 3.8) is 0 Å². The second kappa shape index (κ2) is 8.73. The highest BCUT2D eigenvalue weighted by Gasteiger charge is 2.36. The minimum atomic E-state index is -0.535. The molecule has 0 amide bonds. The fraction of sp³-hybridized carbons (Fsp3) is 0.360. The van der Waals surface area contributed by atoms with Crippen LogP contribution in [0.2, 0.25) is 0 Å². The number of nitrogens with two attached hydrogens (primary N) is 1. The summed E-state index contributed by atoms with van der Waals surface area (Å²) < 4.78 is 15.5. The first kappa shape index (κ1) is 22.4. The standard InChI is InChI=1S/C25H29FN8/c1-16-11-30-24(25(27)8-6-20(7-9-25)33(2)3)32-23(16)21-14-29-22-5-4-18(15-34(21)22)31-19-10-17(26)12-28-13-19/h4-5,10-15,20,31H,6-9,27H2,1-3H3. The van der Waals surface area contributed by atoms with Crippen LogP contribution in [0.15, 0.2) is 49.2 Å². The zero-order valence-electron chi connectivity index (χ0n) is 19.7. The van der Waals surface area contributed by atoms with E-state index in [0.717, 1.165) is 54.0 Å². The Morgan fingerprint density at radius 2 is 1.88 bits per heavy atom. The molecule has 1 saturated carbocycles. The number of aryl methyl sites for hydroxylation is 1. The molecule has 4 heterocycles. The van der Waals surface area contributed by atoms with E-state index in [-0.39, 0.29) is 0 Å². The zero-order chi connectivity index (χ0) is 23.9. The Morgan fingerprint density at radius 1 is 1.09 bits per heavy atom. The highest BCUT2D eigenvalue weighted by atomic mass is 19.1. The quantitative estimate of drug-likeness (QED) is 0.464. The van der Waals surface area contributed by atoms with Crippen molar-refractivity contribution in [1.82, 2.24) is 29.2 Å². The van der Waals surface area contributed by atoms with E-state index >= 15 is 0 Å². The van der Waals surface area contributed by atoms with Crippen molar-refractivity contribution in [2.24, 2.45) is 5.73 Å². The number of nitrogens with zero attached hydrogens (tertiary/aromatic N) is 6. The molecule has 1 aliphatic rings. The van der Waals surface area contributed by atoms with Crippen LogP contribution >= 0.6 is 0 Å². The van der Waals surface area contributed by atoms with Crippen molar-refractivity contribution in [3.05, 3.63) is 66.4 Å². The van der Waals surface area contributed by atoms with Gasteiger partial charge in [0.2, 0.25) is 0 Å². The van der Waals surface area contributed by atoms with Crippen LogP contribution < -0.4 is 11.1 Å². The van der Waals surface area contributed by atoms with E-state index in [1.54, 1.807) is 6.20 Å². The Bertz CT molecular complexity index is 1320. The van der Waals surface area contributed by atoms with Gasteiger partial charge in [-0.15, -0.1) is 0 Å². The number of anilines is 2. The van der Waals surface area contributed by atoms with Crippen LogP contribution in [0.3, 0.4) is 0 Å². The fourth-order valence-corrected chi connectivity index (χ4v) is 4.68. The Morgan fingerprint density at radius 3 is 2.62 bits per heavy atom. The first-order valence-corrected chi connectivity index (χ1v) is 11.5. The molecule has 0 aliphatic heterocycles. The number of hydrogen-bond acceptors (Lipinski definition) is 7. The summed E-state index contributed by atoms with van der Waals surface area (Å²) in [5.74, 6) is 0.286. The molecule has 0 radical (unpaired) electrons. The molecule has 34 heavy (non-hydrogen) atoms. The normalized spacial score (nSPS) is 20.7. The van der Waals surface area contributed by atoms with Gasteiger partial charge >= 0.3 is 0 Å². The molecule has 9 heteroatoms. The molecule has 0 unspecified atom stereocenters. The first-order chi connectivity index (χ1) is 16.3. The molecule has 3 N–H and O–H groups in total. The maximum Gasteiger partial charge on any atom is 0.148 e. The molecule has 0 saturated heterocycles. The molecule has 8 nitrogen and oxygen atoms in total. The van der Waals surface area contributed by atoms with Crippen molar-refractivity contribution in [2.45, 2.75) is 44.2 Å². The van der Waals surface area contributed by atoms with Gasteiger partial charge in [0, 0.05) is 24.5 Å². The average Bonchev–Trinajstić information content (AvgIpc) is 3.23. The monoisotopic (exact) mass is 460 g/mol. The van der Waals surface area contributed by atoms with E-state index in [4.69, 9.17) is 10.7 Å². The number of hydrogen-bond donors (Lipinski definition) is 2. The molecular weight excluding hydrogens is 431 g/mol. The van der Waals surface area contributed by atoms with E-state index in [0.29, 0.717) is 17.6 Å². The highest BCUT2D eigenvalue weighted by molar-refractivity contribution is 5.66. The van der Waals surface area contributed by atoms with E-state index < -0.39 is 11.4 Å². The molecule has 1 fully saturated rings. The van der Waals surface area contributed by atoms with E-state index in [1.807, 2.05) is 42.0 Å². The minimum absolute atomic E-state index is 0.395. The van der Waals surface area contributed by atoms with Crippen LogP contribution in [0.1, 0.15) is 37.1 Å². The lowest BCUT2D eigenvalue weighted by atomic mass is 9.79. The third-order valence-electron chi connectivity index (χ3n) is 6.74. The van der Waals surface area contributed by atoms with Crippen molar-refractivity contribution in [1.29, 1.82) is 0 Å². The molecular formula is C25H29FN8. The number of imidazole rings is 1. The number of rotatable bonds is 5. The number of nitrogens with one attached hydrogen (secondary N) is 1.